The third-order valence-corrected chi connectivity index (χ3v) is 3.21. The molecule has 4 nitrogen and oxygen atoms in total. The molecule has 0 saturated carbocycles. The second-order valence-electron chi connectivity index (χ2n) is 5.35. The molecule has 110 valence electrons. The average molecular weight is 278 g/mol. The minimum absolute atomic E-state index is 0.0191. The van der Waals surface area contributed by atoms with E-state index < -0.39 is 11.9 Å². The molecule has 0 aliphatic heterocycles. The van der Waals surface area contributed by atoms with Crippen molar-refractivity contribution in [2.45, 2.75) is 33.6 Å². The summed E-state index contributed by atoms with van der Waals surface area (Å²) in [5.74, 6) is -0.821. The van der Waals surface area contributed by atoms with Crippen LogP contribution in [0.3, 0.4) is 0 Å². The Balaban J connectivity index is 2.70. The van der Waals surface area contributed by atoms with E-state index in [1.807, 2.05) is 0 Å². The first-order valence-corrected chi connectivity index (χ1v) is 6.95. The molecule has 20 heavy (non-hydrogen) atoms. The molecule has 0 aromatic heterocycles. The van der Waals surface area contributed by atoms with Gasteiger partial charge in [-0.15, -0.1) is 0 Å². The predicted octanol–water partition coefficient (Wildman–Crippen LogP) is 3.61. The first kappa shape index (κ1) is 16.2. The van der Waals surface area contributed by atoms with Gasteiger partial charge in [-0.3, -0.25) is 0 Å². The molecule has 0 bridgehead atoms. The molecule has 0 amide bonds. The Hall–Kier alpha value is -1.84. The molecule has 4 heteroatoms. The summed E-state index contributed by atoms with van der Waals surface area (Å²) in [6, 6.07) is 6.11. The van der Waals surface area contributed by atoms with Gasteiger partial charge in [-0.1, -0.05) is 39.3 Å². The van der Waals surface area contributed by atoms with Crippen LogP contribution in [0, 0.1) is 11.8 Å². The molecular formula is C16H22O4. The van der Waals surface area contributed by atoms with E-state index in [4.69, 9.17) is 9.84 Å². The van der Waals surface area contributed by atoms with Gasteiger partial charge in [-0.2, -0.15) is 0 Å². The van der Waals surface area contributed by atoms with Gasteiger partial charge in [0.05, 0.1) is 17.7 Å². The maximum Gasteiger partial charge on any atom is 0.339 e. The molecule has 0 heterocycles. The third kappa shape index (κ3) is 4.68. The van der Waals surface area contributed by atoms with Crippen molar-refractivity contribution in [3.05, 3.63) is 35.4 Å². The van der Waals surface area contributed by atoms with Crippen molar-refractivity contribution in [1.29, 1.82) is 0 Å². The van der Waals surface area contributed by atoms with E-state index in [-0.39, 0.29) is 11.1 Å². The lowest BCUT2D eigenvalue weighted by atomic mass is 9.96. The van der Waals surface area contributed by atoms with E-state index in [0.29, 0.717) is 18.4 Å². The topological polar surface area (TPSA) is 63.6 Å². The highest BCUT2D eigenvalue weighted by Gasteiger charge is 2.18. The molecule has 0 spiro atoms. The first-order valence-electron chi connectivity index (χ1n) is 6.95. The minimum Gasteiger partial charge on any atom is -0.478 e. The van der Waals surface area contributed by atoms with Crippen molar-refractivity contribution in [3.8, 4) is 0 Å². The maximum atomic E-state index is 12.0. The number of ether oxygens (including phenoxy) is 1. The second-order valence-corrected chi connectivity index (χ2v) is 5.35. The smallest absolute Gasteiger partial charge is 0.339 e. The molecule has 0 saturated heterocycles. The Morgan fingerprint density at radius 3 is 2.30 bits per heavy atom. The van der Waals surface area contributed by atoms with Crippen LogP contribution in [0.1, 0.15) is 54.3 Å². The van der Waals surface area contributed by atoms with Gasteiger partial charge in [0.25, 0.3) is 0 Å². The van der Waals surface area contributed by atoms with Crippen molar-refractivity contribution in [2.24, 2.45) is 11.8 Å². The fourth-order valence-electron chi connectivity index (χ4n) is 2.14. The first-order chi connectivity index (χ1) is 9.45. The SMILES string of the molecule is CCC(COC(=O)c1ccccc1C(=O)O)CC(C)C. The van der Waals surface area contributed by atoms with E-state index in [2.05, 4.69) is 20.8 Å². The Morgan fingerprint density at radius 1 is 1.20 bits per heavy atom. The minimum atomic E-state index is -1.12. The number of carboxylic acids is 1. The number of carbonyl (C=O) groups is 2. The normalized spacial score (nSPS) is 12.2. The molecular weight excluding hydrogens is 256 g/mol. The van der Waals surface area contributed by atoms with E-state index >= 15 is 0 Å². The van der Waals surface area contributed by atoms with Gasteiger partial charge in [-0.05, 0) is 30.4 Å². The summed E-state index contributed by atoms with van der Waals surface area (Å²) < 4.78 is 5.27. The highest BCUT2D eigenvalue weighted by Crippen LogP contribution is 2.17. The van der Waals surface area contributed by atoms with Crippen molar-refractivity contribution in [1.82, 2.24) is 0 Å². The van der Waals surface area contributed by atoms with Crippen molar-refractivity contribution < 1.29 is 19.4 Å². The fourth-order valence-corrected chi connectivity index (χ4v) is 2.14. The highest BCUT2D eigenvalue weighted by molar-refractivity contribution is 6.02. The summed E-state index contributed by atoms with van der Waals surface area (Å²) in [5, 5.41) is 9.05. The van der Waals surface area contributed by atoms with Crippen LogP contribution in [0.5, 0.6) is 0 Å². The number of benzene rings is 1. The van der Waals surface area contributed by atoms with Crippen LogP contribution in [0.15, 0.2) is 24.3 Å². The zero-order valence-corrected chi connectivity index (χ0v) is 12.3. The molecule has 0 aliphatic rings. The summed E-state index contributed by atoms with van der Waals surface area (Å²) in [6.07, 6.45) is 1.93. The van der Waals surface area contributed by atoms with Crippen LogP contribution in [0.4, 0.5) is 0 Å². The molecule has 1 rings (SSSR count). The molecule has 0 aliphatic carbocycles. The largest absolute Gasteiger partial charge is 0.478 e. The van der Waals surface area contributed by atoms with Crippen molar-refractivity contribution in [2.75, 3.05) is 6.61 Å². The molecule has 1 N–H and O–H groups in total. The van der Waals surface area contributed by atoms with Gasteiger partial charge in [0.2, 0.25) is 0 Å². The number of rotatable bonds is 7. The average Bonchev–Trinajstić information content (AvgIpc) is 2.42. The van der Waals surface area contributed by atoms with Gasteiger partial charge < -0.3 is 9.84 Å². The van der Waals surface area contributed by atoms with Crippen LogP contribution in [-0.2, 0) is 4.74 Å². The fraction of sp³-hybridized carbons (Fsp3) is 0.500. The van der Waals surface area contributed by atoms with Gasteiger partial charge in [-0.25, -0.2) is 9.59 Å². The lowest BCUT2D eigenvalue weighted by Gasteiger charge is -2.17. The van der Waals surface area contributed by atoms with E-state index in [1.54, 1.807) is 12.1 Å². The number of aromatic carboxylic acids is 1. The summed E-state index contributed by atoms with van der Waals surface area (Å²) in [7, 11) is 0. The summed E-state index contributed by atoms with van der Waals surface area (Å²) in [5.41, 5.74) is 0.0915. The number of carbonyl (C=O) groups excluding carboxylic acids is 1. The van der Waals surface area contributed by atoms with E-state index in [0.717, 1.165) is 12.8 Å². The van der Waals surface area contributed by atoms with Crippen molar-refractivity contribution in [3.63, 3.8) is 0 Å². The Labute approximate surface area is 119 Å². The molecule has 1 atom stereocenters. The van der Waals surface area contributed by atoms with Gasteiger partial charge >= 0.3 is 11.9 Å². The monoisotopic (exact) mass is 278 g/mol. The maximum absolute atomic E-state index is 12.0. The zero-order chi connectivity index (χ0) is 15.1. The quantitative estimate of drug-likeness (QED) is 0.774. The molecule has 1 unspecified atom stereocenters. The third-order valence-electron chi connectivity index (χ3n) is 3.21. The number of carboxylic acid groups (broad SMARTS) is 1. The summed E-state index contributed by atoms with van der Waals surface area (Å²) in [4.78, 5) is 23.0. The lowest BCUT2D eigenvalue weighted by Crippen LogP contribution is -2.17. The predicted molar refractivity (Wildman–Crippen MR) is 76.9 cm³/mol. The zero-order valence-electron chi connectivity index (χ0n) is 12.3. The molecule has 0 radical (unpaired) electrons. The van der Waals surface area contributed by atoms with Crippen LogP contribution < -0.4 is 0 Å². The molecule has 0 fully saturated rings. The Bertz CT molecular complexity index is 465. The standard InChI is InChI=1S/C16H22O4/c1-4-12(9-11(2)3)10-20-16(19)14-8-6-5-7-13(14)15(17)18/h5-8,11-12H,4,9-10H2,1-3H3,(H,17,18). The molecule has 1 aromatic rings. The van der Waals surface area contributed by atoms with Gasteiger partial charge in [0.15, 0.2) is 0 Å². The van der Waals surface area contributed by atoms with Crippen LogP contribution in [0.2, 0.25) is 0 Å². The molecule has 1 aromatic carbocycles. The van der Waals surface area contributed by atoms with Gasteiger partial charge in [0, 0.05) is 0 Å². The number of hydrogen-bond acceptors (Lipinski definition) is 3. The van der Waals surface area contributed by atoms with Crippen LogP contribution in [0.25, 0.3) is 0 Å². The van der Waals surface area contributed by atoms with Crippen LogP contribution >= 0.6 is 0 Å². The highest BCUT2D eigenvalue weighted by atomic mass is 16.5. The van der Waals surface area contributed by atoms with Crippen LogP contribution in [-0.4, -0.2) is 23.7 Å². The Morgan fingerprint density at radius 2 is 1.80 bits per heavy atom. The van der Waals surface area contributed by atoms with E-state index in [9.17, 15) is 9.59 Å². The lowest BCUT2D eigenvalue weighted by molar-refractivity contribution is 0.0413. The van der Waals surface area contributed by atoms with Crippen molar-refractivity contribution >= 4 is 11.9 Å². The summed E-state index contributed by atoms with van der Waals surface area (Å²) >= 11 is 0. The number of esters is 1. The summed E-state index contributed by atoms with van der Waals surface area (Å²) in [6.45, 7) is 6.65. The van der Waals surface area contributed by atoms with E-state index in [1.165, 1.54) is 12.1 Å². The number of hydrogen-bond donors (Lipinski definition) is 1. The Kier molecular flexibility index (Phi) is 6.22. The van der Waals surface area contributed by atoms with Gasteiger partial charge in [0.1, 0.15) is 0 Å². The second kappa shape index (κ2) is 7.68.